The number of piperazine rings is 1. The molecule has 0 N–H and O–H groups in total. The normalized spacial score (nSPS) is 18.1. The highest BCUT2D eigenvalue weighted by atomic mass is 16.1. The summed E-state index contributed by atoms with van der Waals surface area (Å²) in [6.45, 7) is 5.55. The summed E-state index contributed by atoms with van der Waals surface area (Å²) in [5.41, 5.74) is 3.14. The van der Waals surface area contributed by atoms with Gasteiger partial charge in [0.1, 0.15) is 0 Å². The van der Waals surface area contributed by atoms with Gasteiger partial charge in [-0.05, 0) is 37.0 Å². The van der Waals surface area contributed by atoms with Crippen LogP contribution in [0, 0.1) is 5.92 Å². The van der Waals surface area contributed by atoms with Gasteiger partial charge in [0.2, 0.25) is 0 Å². The van der Waals surface area contributed by atoms with E-state index in [4.69, 9.17) is 0 Å². The van der Waals surface area contributed by atoms with Crippen LogP contribution in [-0.4, -0.2) is 55.6 Å². The van der Waals surface area contributed by atoms with Gasteiger partial charge in [-0.1, -0.05) is 5.21 Å². The van der Waals surface area contributed by atoms with Gasteiger partial charge in [-0.15, -0.1) is 5.10 Å². The molecule has 2 aromatic heterocycles. The van der Waals surface area contributed by atoms with E-state index in [0.29, 0.717) is 11.3 Å². The average Bonchev–Trinajstić information content (AvgIpc) is 3.45. The Morgan fingerprint density at radius 1 is 1.14 bits per heavy atom. The summed E-state index contributed by atoms with van der Waals surface area (Å²) in [6.07, 6.45) is 6.00. The van der Waals surface area contributed by atoms with Crippen LogP contribution in [0.15, 0.2) is 35.5 Å². The summed E-state index contributed by atoms with van der Waals surface area (Å²) >= 11 is 0. The quantitative estimate of drug-likeness (QED) is 0.665. The molecule has 0 unspecified atom stereocenters. The van der Waals surface area contributed by atoms with Crippen LogP contribution in [0.1, 0.15) is 18.5 Å². The Bertz CT molecular complexity index is 1040. The second-order valence-electron chi connectivity index (χ2n) is 7.96. The van der Waals surface area contributed by atoms with E-state index in [1.165, 1.54) is 12.8 Å². The zero-order valence-corrected chi connectivity index (χ0v) is 16.2. The van der Waals surface area contributed by atoms with E-state index in [1.54, 1.807) is 10.9 Å². The molecule has 2 aliphatic rings. The summed E-state index contributed by atoms with van der Waals surface area (Å²) in [5, 5.41) is 8.67. The minimum atomic E-state index is 0.0815. The number of anilines is 1. The van der Waals surface area contributed by atoms with Crippen LogP contribution in [0.3, 0.4) is 0 Å². The molecule has 1 saturated carbocycles. The van der Waals surface area contributed by atoms with E-state index < -0.39 is 0 Å². The molecule has 0 atom stereocenters. The second kappa shape index (κ2) is 7.01. The van der Waals surface area contributed by atoms with Crippen molar-refractivity contribution in [2.75, 3.05) is 31.1 Å². The van der Waals surface area contributed by atoms with Gasteiger partial charge in [-0.3, -0.25) is 18.9 Å². The molecule has 1 aliphatic carbocycles. The van der Waals surface area contributed by atoms with Gasteiger partial charge in [0, 0.05) is 52.0 Å². The molecule has 1 saturated heterocycles. The smallest absolute Gasteiger partial charge is 0.261 e. The monoisotopic (exact) mass is 379 g/mol. The van der Waals surface area contributed by atoms with Crippen molar-refractivity contribution < 1.29 is 0 Å². The molecule has 0 bridgehead atoms. The van der Waals surface area contributed by atoms with E-state index >= 15 is 0 Å². The lowest BCUT2D eigenvalue weighted by Gasteiger charge is -2.36. The fourth-order valence-corrected chi connectivity index (χ4v) is 3.90. The third-order valence-corrected chi connectivity index (χ3v) is 5.89. The maximum Gasteiger partial charge on any atom is 0.261 e. The first-order chi connectivity index (χ1) is 13.7. The highest BCUT2D eigenvalue weighted by molar-refractivity contribution is 5.81. The molecule has 3 aromatic rings. The van der Waals surface area contributed by atoms with Crippen molar-refractivity contribution in [2.45, 2.75) is 25.9 Å². The number of benzene rings is 1. The molecule has 2 fully saturated rings. The summed E-state index contributed by atoms with van der Waals surface area (Å²) in [5.74, 6) is 0.662. The molecular weight excluding hydrogens is 354 g/mol. The van der Waals surface area contributed by atoms with Crippen molar-refractivity contribution in [2.24, 2.45) is 13.0 Å². The van der Waals surface area contributed by atoms with Crippen molar-refractivity contribution >= 4 is 16.6 Å². The number of aromatic nitrogens is 5. The van der Waals surface area contributed by atoms with Gasteiger partial charge in [0.05, 0.1) is 29.1 Å². The third kappa shape index (κ3) is 3.40. The second-order valence-corrected chi connectivity index (χ2v) is 7.96. The molecule has 8 nitrogen and oxygen atoms in total. The maximum absolute atomic E-state index is 12.7. The number of hydrogen-bond acceptors (Lipinski definition) is 6. The Morgan fingerprint density at radius 3 is 2.68 bits per heavy atom. The predicted octanol–water partition coefficient (Wildman–Crippen LogP) is 1.26. The molecule has 8 heteroatoms. The van der Waals surface area contributed by atoms with E-state index in [0.717, 1.165) is 56.2 Å². The maximum atomic E-state index is 12.7. The average molecular weight is 379 g/mol. The van der Waals surface area contributed by atoms with Crippen LogP contribution in [0.5, 0.6) is 0 Å². The Labute approximate surface area is 163 Å². The van der Waals surface area contributed by atoms with Crippen LogP contribution >= 0.6 is 0 Å². The number of hydrogen-bond donors (Lipinski definition) is 0. The predicted molar refractivity (Wildman–Crippen MR) is 107 cm³/mol. The topological polar surface area (TPSA) is 72.1 Å². The molecule has 1 aliphatic heterocycles. The van der Waals surface area contributed by atoms with Crippen molar-refractivity contribution in [3.05, 3.63) is 46.8 Å². The Morgan fingerprint density at radius 2 is 1.96 bits per heavy atom. The lowest BCUT2D eigenvalue weighted by atomic mass is 10.2. The number of rotatable bonds is 5. The zero-order chi connectivity index (χ0) is 19.1. The molecule has 28 heavy (non-hydrogen) atoms. The Balaban J connectivity index is 1.29. The SMILES string of the molecule is Cn1nncc1CN1CCN(c2ccc3c(=O)n(CC4CC4)cnc3c2)CC1. The van der Waals surface area contributed by atoms with Crippen LogP contribution in [0.4, 0.5) is 5.69 Å². The first-order valence-electron chi connectivity index (χ1n) is 9.97. The molecule has 3 heterocycles. The Hall–Kier alpha value is -2.74. The van der Waals surface area contributed by atoms with Gasteiger partial charge in [0.15, 0.2) is 0 Å². The molecule has 5 rings (SSSR count). The standard InChI is InChI=1S/C20H25N7O/c1-24-17(11-22-23-24)13-25-6-8-26(9-7-25)16-4-5-18-19(10-16)21-14-27(20(18)28)12-15-2-3-15/h4-5,10-11,14-15H,2-3,6-9,12-13H2,1H3. The van der Waals surface area contributed by atoms with Crippen molar-refractivity contribution in [3.63, 3.8) is 0 Å². The minimum absolute atomic E-state index is 0.0815. The lowest BCUT2D eigenvalue weighted by molar-refractivity contribution is 0.244. The van der Waals surface area contributed by atoms with Crippen molar-refractivity contribution in [1.29, 1.82) is 0 Å². The zero-order valence-electron chi connectivity index (χ0n) is 16.2. The first-order valence-corrected chi connectivity index (χ1v) is 9.97. The van der Waals surface area contributed by atoms with E-state index in [-0.39, 0.29) is 5.56 Å². The largest absolute Gasteiger partial charge is 0.369 e. The van der Waals surface area contributed by atoms with Gasteiger partial charge >= 0.3 is 0 Å². The molecule has 146 valence electrons. The molecule has 0 spiro atoms. The minimum Gasteiger partial charge on any atom is -0.369 e. The summed E-state index contributed by atoms with van der Waals surface area (Å²) < 4.78 is 3.60. The van der Waals surface area contributed by atoms with Gasteiger partial charge in [-0.2, -0.15) is 0 Å². The fraction of sp³-hybridized carbons (Fsp3) is 0.500. The van der Waals surface area contributed by atoms with Crippen LogP contribution in [-0.2, 0) is 20.1 Å². The van der Waals surface area contributed by atoms with Crippen molar-refractivity contribution in [3.8, 4) is 0 Å². The molecule has 0 radical (unpaired) electrons. The number of fused-ring (bicyclic) bond motifs is 1. The van der Waals surface area contributed by atoms with Crippen molar-refractivity contribution in [1.82, 2.24) is 29.4 Å². The number of aryl methyl sites for hydroxylation is 1. The summed E-state index contributed by atoms with van der Waals surface area (Å²) in [4.78, 5) is 22.0. The summed E-state index contributed by atoms with van der Waals surface area (Å²) in [6, 6.07) is 6.06. The van der Waals surface area contributed by atoms with E-state index in [1.807, 2.05) is 24.0 Å². The van der Waals surface area contributed by atoms with Crippen LogP contribution in [0.25, 0.3) is 10.9 Å². The summed E-state index contributed by atoms with van der Waals surface area (Å²) in [7, 11) is 1.93. The lowest BCUT2D eigenvalue weighted by Crippen LogP contribution is -2.46. The third-order valence-electron chi connectivity index (χ3n) is 5.89. The van der Waals surface area contributed by atoms with Crippen LogP contribution in [0.2, 0.25) is 0 Å². The molecule has 1 aromatic carbocycles. The molecular formula is C20H25N7O. The van der Waals surface area contributed by atoms with E-state index in [2.05, 4.69) is 37.2 Å². The van der Waals surface area contributed by atoms with E-state index in [9.17, 15) is 4.79 Å². The highest BCUT2D eigenvalue weighted by Gasteiger charge is 2.23. The molecule has 0 amide bonds. The highest BCUT2D eigenvalue weighted by Crippen LogP contribution is 2.30. The van der Waals surface area contributed by atoms with Gasteiger partial charge in [-0.25, -0.2) is 4.98 Å². The van der Waals surface area contributed by atoms with Gasteiger partial charge in [0.25, 0.3) is 5.56 Å². The first kappa shape index (κ1) is 17.4. The van der Waals surface area contributed by atoms with Gasteiger partial charge < -0.3 is 4.90 Å². The Kier molecular flexibility index (Phi) is 4.35. The fourth-order valence-electron chi connectivity index (χ4n) is 3.90. The van der Waals surface area contributed by atoms with Crippen LogP contribution < -0.4 is 10.5 Å². The number of nitrogens with zero attached hydrogens (tertiary/aromatic N) is 7.